The molecule has 0 saturated carbocycles. The van der Waals surface area contributed by atoms with Gasteiger partial charge in [-0.05, 0) is 42.7 Å². The fourth-order valence-electron chi connectivity index (χ4n) is 1.77. The molecular weight excluding hydrogens is 227 g/mol. The summed E-state index contributed by atoms with van der Waals surface area (Å²) in [7, 11) is 0. The summed E-state index contributed by atoms with van der Waals surface area (Å²) in [5, 5.41) is 3.36. The van der Waals surface area contributed by atoms with Crippen molar-refractivity contribution in [3.8, 4) is 0 Å². The molecule has 0 unspecified atom stereocenters. The lowest BCUT2D eigenvalue weighted by Crippen LogP contribution is -2.18. The molecule has 0 aliphatic heterocycles. The van der Waals surface area contributed by atoms with Gasteiger partial charge in [-0.3, -0.25) is 4.98 Å². The van der Waals surface area contributed by atoms with Crippen molar-refractivity contribution in [2.75, 3.05) is 0 Å². The van der Waals surface area contributed by atoms with Gasteiger partial charge >= 0.3 is 0 Å². The van der Waals surface area contributed by atoms with E-state index >= 15 is 0 Å². The van der Waals surface area contributed by atoms with Crippen LogP contribution in [0.1, 0.15) is 29.7 Å². The molecule has 1 N–H and O–H groups in total. The molecule has 0 radical (unpaired) electrons. The lowest BCUT2D eigenvalue weighted by molar-refractivity contribution is 0.566. The number of halogens is 1. The Bertz CT molecular complexity index is 511. The standard InChI is InChI=1S/C15H17FN2/c1-11-5-6-13(8-15(11)16)9-18-12(2)14-4-3-7-17-10-14/h3-8,10,12,18H,9H2,1-2H3/t12-/m1/s1. The summed E-state index contributed by atoms with van der Waals surface area (Å²) < 4.78 is 13.4. The van der Waals surface area contributed by atoms with Crippen LogP contribution in [0.15, 0.2) is 42.7 Å². The summed E-state index contributed by atoms with van der Waals surface area (Å²) in [4.78, 5) is 4.09. The van der Waals surface area contributed by atoms with Gasteiger partial charge in [0.2, 0.25) is 0 Å². The molecule has 2 nitrogen and oxygen atoms in total. The zero-order valence-corrected chi connectivity index (χ0v) is 10.7. The number of pyridine rings is 1. The van der Waals surface area contributed by atoms with E-state index in [1.165, 1.54) is 0 Å². The fraction of sp³-hybridized carbons (Fsp3) is 0.267. The van der Waals surface area contributed by atoms with Crippen molar-refractivity contribution >= 4 is 0 Å². The summed E-state index contributed by atoms with van der Waals surface area (Å²) in [6.07, 6.45) is 3.60. The lowest BCUT2D eigenvalue weighted by atomic mass is 10.1. The van der Waals surface area contributed by atoms with E-state index in [1.54, 1.807) is 25.3 Å². The summed E-state index contributed by atoms with van der Waals surface area (Å²) in [6, 6.07) is 9.48. The number of nitrogens with one attached hydrogen (secondary N) is 1. The first-order valence-corrected chi connectivity index (χ1v) is 6.05. The number of hydrogen-bond acceptors (Lipinski definition) is 2. The van der Waals surface area contributed by atoms with Gasteiger partial charge in [-0.2, -0.15) is 0 Å². The van der Waals surface area contributed by atoms with Gasteiger partial charge in [0.15, 0.2) is 0 Å². The van der Waals surface area contributed by atoms with Gasteiger partial charge in [0.25, 0.3) is 0 Å². The van der Waals surface area contributed by atoms with E-state index in [4.69, 9.17) is 0 Å². The first kappa shape index (κ1) is 12.7. The Morgan fingerprint density at radius 1 is 1.33 bits per heavy atom. The Morgan fingerprint density at radius 2 is 2.17 bits per heavy atom. The van der Waals surface area contributed by atoms with Crippen molar-refractivity contribution in [3.63, 3.8) is 0 Å². The molecule has 0 aliphatic carbocycles. The minimum atomic E-state index is -0.150. The second-order valence-corrected chi connectivity index (χ2v) is 4.47. The molecule has 0 spiro atoms. The van der Waals surface area contributed by atoms with Crippen molar-refractivity contribution in [2.24, 2.45) is 0 Å². The Labute approximate surface area is 107 Å². The molecular formula is C15H17FN2. The number of benzene rings is 1. The van der Waals surface area contributed by atoms with Gasteiger partial charge in [0.1, 0.15) is 5.82 Å². The van der Waals surface area contributed by atoms with Gasteiger partial charge in [-0.15, -0.1) is 0 Å². The van der Waals surface area contributed by atoms with Crippen LogP contribution in [-0.4, -0.2) is 4.98 Å². The molecule has 0 saturated heterocycles. The molecule has 94 valence electrons. The normalized spacial score (nSPS) is 12.4. The molecule has 18 heavy (non-hydrogen) atoms. The molecule has 1 aromatic heterocycles. The van der Waals surface area contributed by atoms with E-state index in [0.717, 1.165) is 11.1 Å². The van der Waals surface area contributed by atoms with E-state index in [0.29, 0.717) is 12.1 Å². The van der Waals surface area contributed by atoms with Crippen LogP contribution in [0.4, 0.5) is 4.39 Å². The van der Waals surface area contributed by atoms with Crippen LogP contribution in [0, 0.1) is 12.7 Å². The number of rotatable bonds is 4. The quantitative estimate of drug-likeness (QED) is 0.891. The molecule has 0 amide bonds. The minimum absolute atomic E-state index is 0.150. The summed E-state index contributed by atoms with van der Waals surface area (Å²) >= 11 is 0. The highest BCUT2D eigenvalue weighted by atomic mass is 19.1. The molecule has 1 aromatic carbocycles. The zero-order chi connectivity index (χ0) is 13.0. The molecule has 1 atom stereocenters. The largest absolute Gasteiger partial charge is 0.306 e. The summed E-state index contributed by atoms with van der Waals surface area (Å²) in [5.41, 5.74) is 2.76. The number of hydrogen-bond donors (Lipinski definition) is 1. The molecule has 3 heteroatoms. The molecule has 2 aromatic rings. The van der Waals surface area contributed by atoms with Crippen molar-refractivity contribution < 1.29 is 4.39 Å². The highest BCUT2D eigenvalue weighted by Crippen LogP contribution is 2.13. The third-order valence-electron chi connectivity index (χ3n) is 3.03. The molecule has 0 aliphatic rings. The third kappa shape index (κ3) is 3.14. The minimum Gasteiger partial charge on any atom is -0.306 e. The maximum Gasteiger partial charge on any atom is 0.126 e. The summed E-state index contributed by atoms with van der Waals surface area (Å²) in [6.45, 7) is 4.49. The topological polar surface area (TPSA) is 24.9 Å². The lowest BCUT2D eigenvalue weighted by Gasteiger charge is -2.14. The zero-order valence-electron chi connectivity index (χ0n) is 10.7. The van der Waals surface area contributed by atoms with Crippen LogP contribution in [0.2, 0.25) is 0 Å². The van der Waals surface area contributed by atoms with E-state index in [1.807, 2.05) is 24.4 Å². The average molecular weight is 244 g/mol. The molecule has 1 heterocycles. The van der Waals surface area contributed by atoms with E-state index < -0.39 is 0 Å². The van der Waals surface area contributed by atoms with Crippen LogP contribution in [-0.2, 0) is 6.54 Å². The van der Waals surface area contributed by atoms with E-state index in [-0.39, 0.29) is 11.9 Å². The smallest absolute Gasteiger partial charge is 0.126 e. The highest BCUT2D eigenvalue weighted by Gasteiger charge is 2.05. The maximum atomic E-state index is 13.4. The van der Waals surface area contributed by atoms with Gasteiger partial charge in [0.05, 0.1) is 0 Å². The Morgan fingerprint density at radius 3 is 2.83 bits per heavy atom. The fourth-order valence-corrected chi connectivity index (χ4v) is 1.77. The Kier molecular flexibility index (Phi) is 4.05. The summed E-state index contributed by atoms with van der Waals surface area (Å²) in [5.74, 6) is -0.150. The van der Waals surface area contributed by atoms with Crippen molar-refractivity contribution in [2.45, 2.75) is 26.4 Å². The van der Waals surface area contributed by atoms with E-state index in [2.05, 4.69) is 17.2 Å². The van der Waals surface area contributed by atoms with Gasteiger partial charge in [0, 0.05) is 25.0 Å². The van der Waals surface area contributed by atoms with Gasteiger partial charge < -0.3 is 5.32 Å². The van der Waals surface area contributed by atoms with Crippen molar-refractivity contribution in [1.82, 2.24) is 10.3 Å². The average Bonchev–Trinajstić information content (AvgIpc) is 2.41. The maximum absolute atomic E-state index is 13.4. The molecule has 2 rings (SSSR count). The predicted molar refractivity (Wildman–Crippen MR) is 70.6 cm³/mol. The first-order chi connectivity index (χ1) is 8.66. The monoisotopic (exact) mass is 244 g/mol. The van der Waals surface area contributed by atoms with Crippen LogP contribution >= 0.6 is 0 Å². The first-order valence-electron chi connectivity index (χ1n) is 6.05. The second-order valence-electron chi connectivity index (χ2n) is 4.47. The van der Waals surface area contributed by atoms with Crippen molar-refractivity contribution in [3.05, 3.63) is 65.2 Å². The number of aryl methyl sites for hydroxylation is 1. The van der Waals surface area contributed by atoms with Crippen LogP contribution in [0.3, 0.4) is 0 Å². The van der Waals surface area contributed by atoms with Crippen LogP contribution in [0.5, 0.6) is 0 Å². The third-order valence-corrected chi connectivity index (χ3v) is 3.03. The SMILES string of the molecule is Cc1ccc(CN[C@H](C)c2cccnc2)cc1F. The molecule has 0 fully saturated rings. The van der Waals surface area contributed by atoms with Gasteiger partial charge in [-0.25, -0.2) is 4.39 Å². The Hall–Kier alpha value is -1.74. The number of nitrogens with zero attached hydrogens (tertiary/aromatic N) is 1. The Balaban J connectivity index is 1.97. The second kappa shape index (κ2) is 5.74. The van der Waals surface area contributed by atoms with Gasteiger partial charge in [-0.1, -0.05) is 18.2 Å². The van der Waals surface area contributed by atoms with Crippen LogP contribution < -0.4 is 5.32 Å². The molecule has 0 bridgehead atoms. The highest BCUT2D eigenvalue weighted by molar-refractivity contribution is 5.23. The van der Waals surface area contributed by atoms with Crippen LogP contribution in [0.25, 0.3) is 0 Å². The van der Waals surface area contributed by atoms with Crippen molar-refractivity contribution in [1.29, 1.82) is 0 Å². The predicted octanol–water partition coefficient (Wildman–Crippen LogP) is 3.38. The van der Waals surface area contributed by atoms with E-state index in [9.17, 15) is 4.39 Å². The number of aromatic nitrogens is 1.